The third kappa shape index (κ3) is 8.67. The Kier molecular flexibility index (Phi) is 12.2. The highest BCUT2D eigenvalue weighted by Gasteiger charge is 2.23. The molecule has 40 heavy (non-hydrogen) atoms. The number of anilines is 1. The number of hydrogen-bond acceptors (Lipinski definition) is 8. The van der Waals surface area contributed by atoms with Crippen molar-refractivity contribution in [3.63, 3.8) is 0 Å². The van der Waals surface area contributed by atoms with E-state index in [2.05, 4.69) is 22.4 Å². The van der Waals surface area contributed by atoms with Crippen molar-refractivity contribution in [2.24, 2.45) is 5.92 Å². The molecular weight excluding hydrogens is 528 g/mol. The molecule has 216 valence electrons. The van der Waals surface area contributed by atoms with Gasteiger partial charge in [-0.1, -0.05) is 44.1 Å². The van der Waals surface area contributed by atoms with Gasteiger partial charge in [0.05, 0.1) is 21.3 Å². The summed E-state index contributed by atoms with van der Waals surface area (Å²) in [5.41, 5.74) is 1.92. The number of nitrogens with zero attached hydrogens (tertiary/aromatic N) is 3. The van der Waals surface area contributed by atoms with Crippen molar-refractivity contribution in [1.29, 1.82) is 0 Å². The summed E-state index contributed by atoms with van der Waals surface area (Å²) in [5.74, 6) is 1.91. The number of aromatic nitrogens is 2. The lowest BCUT2D eigenvalue weighted by molar-refractivity contribution is -0.136. The Labute approximate surface area is 240 Å². The van der Waals surface area contributed by atoms with Gasteiger partial charge in [-0.3, -0.25) is 9.59 Å². The van der Waals surface area contributed by atoms with Crippen LogP contribution in [0, 0.1) is 5.92 Å². The second-order valence-electron chi connectivity index (χ2n) is 9.45. The van der Waals surface area contributed by atoms with Crippen LogP contribution in [0.2, 0.25) is 0 Å². The summed E-state index contributed by atoms with van der Waals surface area (Å²) in [5, 5.41) is 12.3. The van der Waals surface area contributed by atoms with Crippen molar-refractivity contribution >= 4 is 28.3 Å². The Bertz CT molecular complexity index is 1230. The summed E-state index contributed by atoms with van der Waals surface area (Å²) in [6, 6.07) is 13.3. The minimum atomic E-state index is -0.206. The SMILES string of the molecule is CCCCC(CC)C(=O)N(CCC(=O)Nc1nnc(-c2ccc(OC)cc2)s1)CCc1ccc(OC)c(OC)c1. The molecule has 0 bridgehead atoms. The number of ether oxygens (including phenoxy) is 3. The standard InChI is InChI=1S/C30H40N4O5S/c1-6-8-9-22(7-2)29(36)34(18-16-21-10-15-25(38-4)26(20-21)39-5)19-17-27(35)31-30-33-32-28(40-30)23-11-13-24(37-3)14-12-23/h10-15,20,22H,6-9,16-19H2,1-5H3,(H,31,33,35). The van der Waals surface area contributed by atoms with Gasteiger partial charge in [-0.05, 0) is 61.2 Å². The molecule has 0 aliphatic carbocycles. The Balaban J connectivity index is 1.65. The lowest BCUT2D eigenvalue weighted by Gasteiger charge is -2.27. The topological polar surface area (TPSA) is 103 Å². The molecule has 0 saturated heterocycles. The molecule has 0 aliphatic heterocycles. The van der Waals surface area contributed by atoms with Crippen LogP contribution in [0.1, 0.15) is 51.5 Å². The van der Waals surface area contributed by atoms with Gasteiger partial charge in [-0.25, -0.2) is 0 Å². The molecule has 0 aliphatic rings. The summed E-state index contributed by atoms with van der Waals surface area (Å²) >= 11 is 1.30. The number of methoxy groups -OCH3 is 3. The number of carbonyl (C=O) groups is 2. The van der Waals surface area contributed by atoms with Gasteiger partial charge in [0.2, 0.25) is 16.9 Å². The first kappa shape index (κ1) is 30.9. The number of amides is 2. The number of benzene rings is 2. The van der Waals surface area contributed by atoms with Gasteiger partial charge < -0.3 is 24.4 Å². The zero-order valence-electron chi connectivity index (χ0n) is 24.1. The van der Waals surface area contributed by atoms with Gasteiger partial charge in [-0.15, -0.1) is 10.2 Å². The van der Waals surface area contributed by atoms with E-state index in [-0.39, 0.29) is 24.2 Å². The number of rotatable bonds is 16. The molecule has 1 heterocycles. The average Bonchev–Trinajstić information content (AvgIpc) is 3.45. The van der Waals surface area contributed by atoms with Gasteiger partial charge in [0.25, 0.3) is 0 Å². The second-order valence-corrected chi connectivity index (χ2v) is 10.4. The maximum atomic E-state index is 13.5. The summed E-state index contributed by atoms with van der Waals surface area (Å²) in [4.78, 5) is 28.2. The number of hydrogen-bond donors (Lipinski definition) is 1. The fraction of sp³-hybridized carbons (Fsp3) is 0.467. The Hall–Kier alpha value is -3.66. The number of carbonyl (C=O) groups excluding carboxylic acids is 2. The largest absolute Gasteiger partial charge is 0.497 e. The lowest BCUT2D eigenvalue weighted by Crippen LogP contribution is -2.39. The maximum Gasteiger partial charge on any atom is 0.227 e. The molecule has 9 nitrogen and oxygen atoms in total. The van der Waals surface area contributed by atoms with Crippen molar-refractivity contribution in [1.82, 2.24) is 15.1 Å². The van der Waals surface area contributed by atoms with E-state index in [0.717, 1.165) is 42.6 Å². The van der Waals surface area contributed by atoms with E-state index in [9.17, 15) is 9.59 Å². The van der Waals surface area contributed by atoms with Crippen molar-refractivity contribution in [3.05, 3.63) is 48.0 Å². The van der Waals surface area contributed by atoms with Crippen LogP contribution in [-0.4, -0.2) is 61.3 Å². The first-order valence-corrected chi connectivity index (χ1v) is 14.5. The summed E-state index contributed by atoms with van der Waals surface area (Å²) < 4.78 is 16.0. The maximum absolute atomic E-state index is 13.5. The van der Waals surface area contributed by atoms with Gasteiger partial charge in [0.1, 0.15) is 10.8 Å². The molecule has 0 spiro atoms. The molecule has 1 aromatic heterocycles. The predicted molar refractivity (Wildman–Crippen MR) is 158 cm³/mol. The molecule has 0 fully saturated rings. The van der Waals surface area contributed by atoms with Crippen molar-refractivity contribution in [2.75, 3.05) is 39.7 Å². The highest BCUT2D eigenvalue weighted by molar-refractivity contribution is 7.18. The smallest absolute Gasteiger partial charge is 0.227 e. The third-order valence-corrected chi connectivity index (χ3v) is 7.68. The summed E-state index contributed by atoms with van der Waals surface area (Å²) in [7, 11) is 4.82. The quantitative estimate of drug-likeness (QED) is 0.231. The average molecular weight is 569 g/mol. The van der Waals surface area contributed by atoms with Crippen LogP contribution in [0.4, 0.5) is 5.13 Å². The van der Waals surface area contributed by atoms with Crippen molar-refractivity contribution in [2.45, 2.75) is 52.4 Å². The Morgan fingerprint density at radius 3 is 2.35 bits per heavy atom. The predicted octanol–water partition coefficient (Wildman–Crippen LogP) is 5.85. The fourth-order valence-corrected chi connectivity index (χ4v) is 5.15. The van der Waals surface area contributed by atoms with Crippen LogP contribution >= 0.6 is 11.3 Å². The second kappa shape index (κ2) is 15.8. The first-order chi connectivity index (χ1) is 19.4. The molecule has 0 radical (unpaired) electrons. The van der Waals surface area contributed by atoms with E-state index in [1.807, 2.05) is 54.3 Å². The van der Waals surface area contributed by atoms with Crippen LogP contribution < -0.4 is 19.5 Å². The van der Waals surface area contributed by atoms with Gasteiger partial charge in [-0.2, -0.15) is 0 Å². The molecule has 3 rings (SSSR count). The van der Waals surface area contributed by atoms with Crippen LogP contribution in [0.15, 0.2) is 42.5 Å². The molecule has 0 saturated carbocycles. The Morgan fingerprint density at radius 2 is 1.70 bits per heavy atom. The molecule has 1 unspecified atom stereocenters. The van der Waals surface area contributed by atoms with Crippen molar-refractivity contribution < 1.29 is 23.8 Å². The van der Waals surface area contributed by atoms with Gasteiger partial charge in [0.15, 0.2) is 11.5 Å². The monoisotopic (exact) mass is 568 g/mol. The van der Waals surface area contributed by atoms with Crippen molar-refractivity contribution in [3.8, 4) is 27.8 Å². The molecule has 2 aromatic carbocycles. The summed E-state index contributed by atoms with van der Waals surface area (Å²) in [6.45, 7) is 5.01. The normalized spacial score (nSPS) is 11.5. The van der Waals surface area contributed by atoms with E-state index >= 15 is 0 Å². The molecule has 3 aromatic rings. The van der Waals surface area contributed by atoms with Crippen LogP contribution in [0.3, 0.4) is 0 Å². The first-order valence-electron chi connectivity index (χ1n) is 13.7. The third-order valence-electron chi connectivity index (χ3n) is 6.80. The highest BCUT2D eigenvalue weighted by Crippen LogP contribution is 2.29. The lowest BCUT2D eigenvalue weighted by atomic mass is 9.97. The van der Waals surface area contributed by atoms with Gasteiger partial charge in [0, 0.05) is 31.0 Å². The number of unbranched alkanes of at least 4 members (excludes halogenated alkanes) is 1. The molecule has 1 atom stereocenters. The van der Waals surface area contributed by atoms with E-state index < -0.39 is 0 Å². The molecule has 10 heteroatoms. The Morgan fingerprint density at radius 1 is 0.950 bits per heavy atom. The number of nitrogens with one attached hydrogen (secondary N) is 1. The van der Waals surface area contributed by atoms with Crippen LogP contribution in [0.25, 0.3) is 10.6 Å². The molecule has 2 amide bonds. The zero-order valence-corrected chi connectivity index (χ0v) is 24.9. The van der Waals surface area contributed by atoms with Crippen LogP contribution in [0.5, 0.6) is 17.2 Å². The van der Waals surface area contributed by atoms with E-state index in [1.165, 1.54) is 11.3 Å². The summed E-state index contributed by atoms with van der Waals surface area (Å²) in [6.07, 6.45) is 4.47. The fourth-order valence-electron chi connectivity index (χ4n) is 4.39. The van der Waals surface area contributed by atoms with E-state index in [1.54, 1.807) is 21.3 Å². The minimum Gasteiger partial charge on any atom is -0.497 e. The van der Waals surface area contributed by atoms with Crippen LogP contribution in [-0.2, 0) is 16.0 Å². The molecule has 1 N–H and O–H groups in total. The minimum absolute atomic E-state index is 0.0522. The van der Waals surface area contributed by atoms with E-state index in [4.69, 9.17) is 14.2 Å². The highest BCUT2D eigenvalue weighted by atomic mass is 32.1. The van der Waals surface area contributed by atoms with E-state index in [0.29, 0.717) is 41.1 Å². The molecular formula is C30H40N4O5S. The van der Waals surface area contributed by atoms with Gasteiger partial charge >= 0.3 is 0 Å². The zero-order chi connectivity index (χ0) is 28.9.